The number of nitrogens with zero attached hydrogens (tertiary/aromatic N) is 3. The van der Waals surface area contributed by atoms with Crippen molar-refractivity contribution in [2.45, 2.75) is 23.4 Å². The van der Waals surface area contributed by atoms with E-state index in [1.54, 1.807) is 23.1 Å². The lowest BCUT2D eigenvalue weighted by atomic mass is 10.1. The summed E-state index contributed by atoms with van der Waals surface area (Å²) in [5.74, 6) is 1.18. The van der Waals surface area contributed by atoms with Crippen LogP contribution in [0.4, 0.5) is 0 Å². The van der Waals surface area contributed by atoms with Crippen molar-refractivity contribution in [3.05, 3.63) is 60.0 Å². The van der Waals surface area contributed by atoms with Crippen molar-refractivity contribution in [3.63, 3.8) is 0 Å². The second-order valence-electron chi connectivity index (χ2n) is 5.52. The summed E-state index contributed by atoms with van der Waals surface area (Å²) in [5, 5.41) is 8.43. The fourth-order valence-electron chi connectivity index (χ4n) is 2.31. The molecule has 0 aliphatic rings. The largest absolute Gasteiger partial charge is 0.419 e. The zero-order chi connectivity index (χ0) is 16.5. The van der Waals surface area contributed by atoms with E-state index in [1.807, 2.05) is 42.5 Å². The van der Waals surface area contributed by atoms with Crippen molar-refractivity contribution in [2.75, 3.05) is 0 Å². The van der Waals surface area contributed by atoms with E-state index in [0.717, 1.165) is 15.4 Å². The molecule has 2 heterocycles. The zero-order valence-electron chi connectivity index (χ0n) is 13.3. The van der Waals surface area contributed by atoms with Gasteiger partial charge in [0.05, 0.1) is 15.5 Å². The van der Waals surface area contributed by atoms with Crippen molar-refractivity contribution in [2.24, 2.45) is 0 Å². The van der Waals surface area contributed by atoms with Gasteiger partial charge in [0, 0.05) is 5.56 Å². The number of hydrogen-bond acceptors (Lipinski definition) is 6. The first-order chi connectivity index (χ1) is 11.7. The minimum atomic E-state index is 0.0530. The molecule has 0 amide bonds. The molecule has 24 heavy (non-hydrogen) atoms. The molecule has 4 aromatic rings. The lowest BCUT2D eigenvalue weighted by Crippen LogP contribution is -1.88. The molecule has 4 nitrogen and oxygen atoms in total. The van der Waals surface area contributed by atoms with Crippen LogP contribution in [0.3, 0.4) is 0 Å². The first kappa shape index (κ1) is 15.4. The Kier molecular flexibility index (Phi) is 4.08. The molecule has 1 atom stereocenters. The summed E-state index contributed by atoms with van der Waals surface area (Å²) in [4.78, 5) is 4.64. The number of aryl methyl sites for hydroxylation is 1. The Bertz CT molecular complexity index is 942. The van der Waals surface area contributed by atoms with E-state index in [4.69, 9.17) is 4.42 Å². The molecule has 4 rings (SSSR count). The highest BCUT2D eigenvalue weighted by molar-refractivity contribution is 8.01. The van der Waals surface area contributed by atoms with Gasteiger partial charge in [-0.25, -0.2) is 4.98 Å². The van der Waals surface area contributed by atoms with E-state index < -0.39 is 0 Å². The molecule has 0 unspecified atom stereocenters. The van der Waals surface area contributed by atoms with Gasteiger partial charge < -0.3 is 4.42 Å². The Morgan fingerprint density at radius 3 is 2.62 bits per heavy atom. The quantitative estimate of drug-likeness (QED) is 0.453. The van der Waals surface area contributed by atoms with Crippen LogP contribution in [0.1, 0.15) is 23.6 Å². The van der Waals surface area contributed by atoms with Crippen molar-refractivity contribution in [1.82, 2.24) is 15.2 Å². The summed E-state index contributed by atoms with van der Waals surface area (Å²) in [6, 6.07) is 16.2. The SMILES string of the molecule is Cc1ccc(-c2nnc([C@H](C)Sc3nc4ccccc4s3)o2)cc1. The minimum Gasteiger partial charge on any atom is -0.419 e. The van der Waals surface area contributed by atoms with Crippen molar-refractivity contribution in [3.8, 4) is 11.5 Å². The number of thioether (sulfide) groups is 1. The average molecular weight is 353 g/mol. The fourth-order valence-corrected chi connectivity index (χ4v) is 4.56. The number of fused-ring (bicyclic) bond motifs is 1. The maximum absolute atomic E-state index is 5.85. The Morgan fingerprint density at radius 1 is 1.04 bits per heavy atom. The summed E-state index contributed by atoms with van der Waals surface area (Å²) in [5.41, 5.74) is 3.18. The molecule has 2 aromatic carbocycles. The number of aromatic nitrogens is 3. The molecule has 0 saturated carbocycles. The standard InChI is InChI=1S/C18H15N3OS2/c1-11-7-9-13(10-8-11)17-21-20-16(22-17)12(2)23-18-19-14-5-3-4-6-15(14)24-18/h3-10,12H,1-2H3/t12-/m0/s1. The lowest BCUT2D eigenvalue weighted by molar-refractivity contribution is 0.509. The van der Waals surface area contributed by atoms with Crippen LogP contribution in [0.2, 0.25) is 0 Å². The van der Waals surface area contributed by atoms with Crippen LogP contribution in [-0.4, -0.2) is 15.2 Å². The zero-order valence-corrected chi connectivity index (χ0v) is 14.9. The highest BCUT2D eigenvalue weighted by atomic mass is 32.2. The van der Waals surface area contributed by atoms with Crippen LogP contribution in [-0.2, 0) is 0 Å². The number of para-hydroxylation sites is 1. The van der Waals surface area contributed by atoms with Crippen LogP contribution < -0.4 is 0 Å². The summed E-state index contributed by atoms with van der Waals surface area (Å²) < 4.78 is 8.06. The summed E-state index contributed by atoms with van der Waals surface area (Å²) in [6.45, 7) is 4.11. The number of hydrogen-bond donors (Lipinski definition) is 0. The van der Waals surface area contributed by atoms with E-state index in [9.17, 15) is 0 Å². The normalized spacial score (nSPS) is 12.6. The smallest absolute Gasteiger partial charge is 0.247 e. The van der Waals surface area contributed by atoms with Gasteiger partial charge in [-0.15, -0.1) is 21.5 Å². The summed E-state index contributed by atoms with van der Waals surface area (Å²) >= 11 is 3.33. The molecule has 0 saturated heterocycles. The van der Waals surface area contributed by atoms with Gasteiger partial charge in [0.15, 0.2) is 4.34 Å². The Morgan fingerprint density at radius 2 is 1.83 bits per heavy atom. The monoisotopic (exact) mass is 353 g/mol. The van der Waals surface area contributed by atoms with E-state index in [1.165, 1.54) is 10.3 Å². The van der Waals surface area contributed by atoms with Crippen LogP contribution in [0.5, 0.6) is 0 Å². The topological polar surface area (TPSA) is 51.8 Å². The molecule has 120 valence electrons. The van der Waals surface area contributed by atoms with Crippen molar-refractivity contribution < 1.29 is 4.42 Å². The van der Waals surface area contributed by atoms with Gasteiger partial charge in [-0.2, -0.15) is 0 Å². The number of thiazole rings is 1. The minimum absolute atomic E-state index is 0.0530. The molecule has 0 aliphatic heterocycles. The van der Waals surface area contributed by atoms with Crippen molar-refractivity contribution >= 4 is 33.3 Å². The fraction of sp³-hybridized carbons (Fsp3) is 0.167. The Labute approximate surface area is 148 Å². The van der Waals surface area contributed by atoms with Gasteiger partial charge in [0.1, 0.15) is 0 Å². The van der Waals surface area contributed by atoms with Crippen LogP contribution in [0, 0.1) is 6.92 Å². The van der Waals surface area contributed by atoms with Gasteiger partial charge >= 0.3 is 0 Å². The number of benzene rings is 2. The first-order valence-electron chi connectivity index (χ1n) is 7.62. The molecule has 0 N–H and O–H groups in total. The maximum atomic E-state index is 5.85. The predicted octanol–water partition coefficient (Wildman–Crippen LogP) is 5.51. The summed E-state index contributed by atoms with van der Waals surface area (Å²) in [7, 11) is 0. The van der Waals surface area contributed by atoms with E-state index in [0.29, 0.717) is 11.8 Å². The second-order valence-corrected chi connectivity index (χ2v) is 8.14. The maximum Gasteiger partial charge on any atom is 0.247 e. The Hall–Kier alpha value is -2.18. The van der Waals surface area contributed by atoms with Crippen molar-refractivity contribution in [1.29, 1.82) is 0 Å². The highest BCUT2D eigenvalue weighted by Crippen LogP contribution is 2.38. The third kappa shape index (κ3) is 3.07. The molecule has 0 spiro atoms. The molecular weight excluding hydrogens is 338 g/mol. The number of rotatable bonds is 4. The van der Waals surface area contributed by atoms with E-state index in [-0.39, 0.29) is 5.25 Å². The second kappa shape index (κ2) is 6.37. The predicted molar refractivity (Wildman–Crippen MR) is 98.4 cm³/mol. The van der Waals surface area contributed by atoms with Crippen LogP contribution in [0.15, 0.2) is 57.3 Å². The third-order valence-corrected chi connectivity index (χ3v) is 5.86. The summed E-state index contributed by atoms with van der Waals surface area (Å²) in [6.07, 6.45) is 0. The Balaban J connectivity index is 1.54. The molecule has 2 aromatic heterocycles. The molecular formula is C18H15N3OS2. The van der Waals surface area contributed by atoms with Gasteiger partial charge in [-0.3, -0.25) is 0 Å². The average Bonchev–Trinajstić information content (AvgIpc) is 3.21. The third-order valence-electron chi connectivity index (χ3n) is 3.64. The van der Waals surface area contributed by atoms with Gasteiger partial charge in [-0.05, 0) is 38.1 Å². The first-order valence-corrected chi connectivity index (χ1v) is 9.31. The molecule has 0 bridgehead atoms. The molecule has 0 radical (unpaired) electrons. The van der Waals surface area contributed by atoms with Gasteiger partial charge in [0.2, 0.25) is 11.8 Å². The molecule has 0 aliphatic carbocycles. The van der Waals surface area contributed by atoms with Crippen LogP contribution in [0.25, 0.3) is 21.7 Å². The lowest BCUT2D eigenvalue weighted by Gasteiger charge is -2.02. The van der Waals surface area contributed by atoms with Crippen LogP contribution >= 0.6 is 23.1 Å². The molecule has 0 fully saturated rings. The molecule has 6 heteroatoms. The highest BCUT2D eigenvalue weighted by Gasteiger charge is 2.18. The van der Waals surface area contributed by atoms with Gasteiger partial charge in [0.25, 0.3) is 0 Å². The van der Waals surface area contributed by atoms with E-state index >= 15 is 0 Å². The van der Waals surface area contributed by atoms with Gasteiger partial charge in [-0.1, -0.05) is 41.6 Å². The van der Waals surface area contributed by atoms with E-state index in [2.05, 4.69) is 35.1 Å².